The molecule has 0 aliphatic heterocycles. The van der Waals surface area contributed by atoms with E-state index in [4.69, 9.17) is 9.47 Å². The van der Waals surface area contributed by atoms with Gasteiger partial charge in [0.25, 0.3) is 0 Å². The molecule has 0 fully saturated rings. The maximum absolute atomic E-state index is 11.4. The van der Waals surface area contributed by atoms with Gasteiger partial charge < -0.3 is 20.1 Å². The Hall–Kier alpha value is -2.00. The van der Waals surface area contributed by atoms with Gasteiger partial charge in [-0.2, -0.15) is 0 Å². The highest BCUT2D eigenvalue weighted by atomic mass is 32.2. The number of hydrogen-bond donors (Lipinski definition) is 3. The standard InChI is InChI=1S/C16H28N4O4S/c1-5-17-16(18-9-10-20-25(21,22)6-2)19-12-13-7-8-14(23-3)11-15(13)24-4/h7-8,11,20H,5-6,9-10,12H2,1-4H3,(H2,17,18,19). The highest BCUT2D eigenvalue weighted by molar-refractivity contribution is 7.89. The Morgan fingerprint density at radius 2 is 1.88 bits per heavy atom. The summed E-state index contributed by atoms with van der Waals surface area (Å²) in [5.41, 5.74) is 0.923. The number of nitrogens with zero attached hydrogens (tertiary/aromatic N) is 1. The van der Waals surface area contributed by atoms with Crippen LogP contribution in [0.5, 0.6) is 11.5 Å². The summed E-state index contributed by atoms with van der Waals surface area (Å²) < 4.78 is 35.8. The summed E-state index contributed by atoms with van der Waals surface area (Å²) in [7, 11) is 0.0269. The highest BCUT2D eigenvalue weighted by Gasteiger charge is 2.07. The molecule has 1 aromatic rings. The van der Waals surface area contributed by atoms with Crippen LogP contribution in [0.4, 0.5) is 0 Å². The van der Waals surface area contributed by atoms with Crippen molar-refractivity contribution in [3.8, 4) is 11.5 Å². The van der Waals surface area contributed by atoms with E-state index < -0.39 is 10.0 Å². The zero-order valence-electron chi connectivity index (χ0n) is 15.3. The van der Waals surface area contributed by atoms with Gasteiger partial charge in [0, 0.05) is 31.3 Å². The van der Waals surface area contributed by atoms with E-state index >= 15 is 0 Å². The molecule has 0 saturated carbocycles. The van der Waals surface area contributed by atoms with Crippen LogP contribution >= 0.6 is 0 Å². The van der Waals surface area contributed by atoms with Gasteiger partial charge in [-0.15, -0.1) is 0 Å². The molecule has 0 spiro atoms. The predicted molar refractivity (Wildman–Crippen MR) is 99.8 cm³/mol. The smallest absolute Gasteiger partial charge is 0.211 e. The van der Waals surface area contributed by atoms with Crippen molar-refractivity contribution in [2.75, 3.05) is 39.6 Å². The Morgan fingerprint density at radius 3 is 2.48 bits per heavy atom. The van der Waals surface area contributed by atoms with Gasteiger partial charge in [-0.3, -0.25) is 0 Å². The number of guanidine groups is 1. The first-order valence-electron chi connectivity index (χ1n) is 8.16. The Kier molecular flexibility index (Phi) is 9.07. The molecule has 0 bridgehead atoms. The monoisotopic (exact) mass is 372 g/mol. The summed E-state index contributed by atoms with van der Waals surface area (Å²) in [6.45, 7) is 5.42. The van der Waals surface area contributed by atoms with Crippen molar-refractivity contribution >= 4 is 16.0 Å². The highest BCUT2D eigenvalue weighted by Crippen LogP contribution is 2.25. The summed E-state index contributed by atoms with van der Waals surface area (Å²) in [6, 6.07) is 5.57. The van der Waals surface area contributed by atoms with Gasteiger partial charge in [-0.1, -0.05) is 0 Å². The Bertz CT molecular complexity index is 662. The second-order valence-corrected chi connectivity index (χ2v) is 7.19. The quantitative estimate of drug-likeness (QED) is 0.317. The average molecular weight is 372 g/mol. The van der Waals surface area contributed by atoms with Gasteiger partial charge in [0.15, 0.2) is 5.96 Å². The number of sulfonamides is 1. The Balaban J connectivity index is 2.66. The molecule has 1 rings (SSSR count). The van der Waals surface area contributed by atoms with Crippen LogP contribution in [0.2, 0.25) is 0 Å². The molecule has 0 heterocycles. The fraction of sp³-hybridized carbons (Fsp3) is 0.562. The average Bonchev–Trinajstić information content (AvgIpc) is 2.62. The second kappa shape index (κ2) is 10.8. The maximum Gasteiger partial charge on any atom is 0.211 e. The zero-order valence-corrected chi connectivity index (χ0v) is 16.1. The first-order chi connectivity index (χ1) is 12.0. The third-order valence-electron chi connectivity index (χ3n) is 3.37. The van der Waals surface area contributed by atoms with Gasteiger partial charge in [0.05, 0.1) is 26.5 Å². The summed E-state index contributed by atoms with van der Waals surface area (Å²) >= 11 is 0. The summed E-state index contributed by atoms with van der Waals surface area (Å²) in [5.74, 6) is 2.10. The van der Waals surface area contributed by atoms with Gasteiger partial charge in [0.1, 0.15) is 11.5 Å². The van der Waals surface area contributed by atoms with Crippen LogP contribution in [0, 0.1) is 0 Å². The number of nitrogens with one attached hydrogen (secondary N) is 3. The third kappa shape index (κ3) is 7.61. The van der Waals surface area contributed by atoms with Crippen LogP contribution in [0.3, 0.4) is 0 Å². The van der Waals surface area contributed by atoms with Crippen molar-refractivity contribution in [3.63, 3.8) is 0 Å². The number of rotatable bonds is 10. The van der Waals surface area contributed by atoms with Gasteiger partial charge in [0.2, 0.25) is 10.0 Å². The molecular weight excluding hydrogens is 344 g/mol. The van der Waals surface area contributed by atoms with Crippen LogP contribution in [-0.4, -0.2) is 54.0 Å². The molecule has 0 aliphatic rings. The molecule has 0 aliphatic carbocycles. The van der Waals surface area contributed by atoms with E-state index in [0.717, 1.165) is 11.3 Å². The van der Waals surface area contributed by atoms with Gasteiger partial charge in [-0.25, -0.2) is 18.1 Å². The molecule has 8 nitrogen and oxygen atoms in total. The number of aliphatic imine (C=N–C) groups is 1. The normalized spacial score (nSPS) is 11.9. The lowest BCUT2D eigenvalue weighted by atomic mass is 10.2. The molecule has 142 valence electrons. The Labute approximate surface area is 150 Å². The molecule has 1 aromatic carbocycles. The zero-order chi connectivity index (χ0) is 18.7. The molecular formula is C16H28N4O4S. The van der Waals surface area contributed by atoms with Gasteiger partial charge >= 0.3 is 0 Å². The molecule has 0 unspecified atom stereocenters. The van der Waals surface area contributed by atoms with E-state index in [1.807, 2.05) is 25.1 Å². The summed E-state index contributed by atoms with van der Waals surface area (Å²) in [6.07, 6.45) is 0. The molecule has 0 atom stereocenters. The molecule has 0 aromatic heterocycles. The largest absolute Gasteiger partial charge is 0.497 e. The number of benzene rings is 1. The molecule has 3 N–H and O–H groups in total. The predicted octanol–water partition coefficient (Wildman–Crippen LogP) is 0.698. The van der Waals surface area contributed by atoms with Crippen LogP contribution in [0.15, 0.2) is 23.2 Å². The molecule has 9 heteroatoms. The first-order valence-corrected chi connectivity index (χ1v) is 9.81. The lowest BCUT2D eigenvalue weighted by Gasteiger charge is -2.13. The number of methoxy groups -OCH3 is 2. The van der Waals surface area contributed by atoms with E-state index in [2.05, 4.69) is 20.3 Å². The Morgan fingerprint density at radius 1 is 1.12 bits per heavy atom. The van der Waals surface area contributed by atoms with Crippen molar-refractivity contribution in [2.45, 2.75) is 20.4 Å². The van der Waals surface area contributed by atoms with Crippen molar-refractivity contribution in [2.24, 2.45) is 4.99 Å². The third-order valence-corrected chi connectivity index (χ3v) is 4.77. The van der Waals surface area contributed by atoms with Crippen molar-refractivity contribution in [1.82, 2.24) is 15.4 Å². The van der Waals surface area contributed by atoms with Gasteiger partial charge in [-0.05, 0) is 26.0 Å². The lowest BCUT2D eigenvalue weighted by Crippen LogP contribution is -2.41. The van der Waals surface area contributed by atoms with Crippen molar-refractivity contribution in [3.05, 3.63) is 23.8 Å². The lowest BCUT2D eigenvalue weighted by molar-refractivity contribution is 0.391. The second-order valence-electron chi connectivity index (χ2n) is 5.10. The van der Waals surface area contributed by atoms with E-state index in [1.165, 1.54) is 0 Å². The topological polar surface area (TPSA) is 101 Å². The fourth-order valence-corrected chi connectivity index (χ4v) is 2.60. The van der Waals surface area contributed by atoms with Crippen LogP contribution in [0.1, 0.15) is 19.4 Å². The first kappa shape index (κ1) is 21.0. The van der Waals surface area contributed by atoms with Crippen LogP contribution in [-0.2, 0) is 16.6 Å². The molecule has 25 heavy (non-hydrogen) atoms. The summed E-state index contributed by atoms with van der Waals surface area (Å²) in [5, 5.41) is 6.21. The van der Waals surface area contributed by atoms with E-state index in [-0.39, 0.29) is 5.75 Å². The van der Waals surface area contributed by atoms with E-state index in [9.17, 15) is 8.42 Å². The number of hydrogen-bond acceptors (Lipinski definition) is 5. The minimum Gasteiger partial charge on any atom is -0.497 e. The van der Waals surface area contributed by atoms with E-state index in [1.54, 1.807) is 21.1 Å². The maximum atomic E-state index is 11.4. The van der Waals surface area contributed by atoms with Crippen LogP contribution in [0.25, 0.3) is 0 Å². The fourth-order valence-electron chi connectivity index (χ4n) is 1.98. The molecule has 0 saturated heterocycles. The number of ether oxygens (including phenoxy) is 2. The van der Waals surface area contributed by atoms with E-state index in [0.29, 0.717) is 37.9 Å². The minimum atomic E-state index is -3.18. The van der Waals surface area contributed by atoms with Crippen molar-refractivity contribution < 1.29 is 17.9 Å². The minimum absolute atomic E-state index is 0.0679. The van der Waals surface area contributed by atoms with Crippen LogP contribution < -0.4 is 24.8 Å². The summed E-state index contributed by atoms with van der Waals surface area (Å²) in [4.78, 5) is 4.50. The van der Waals surface area contributed by atoms with Crippen molar-refractivity contribution in [1.29, 1.82) is 0 Å². The molecule has 0 amide bonds. The molecule has 0 radical (unpaired) electrons. The SMILES string of the molecule is CCNC(=NCc1ccc(OC)cc1OC)NCCNS(=O)(=O)CC.